The molecule has 3 aromatic rings. The number of halogens is 1. The molecule has 0 bridgehead atoms. The fraction of sp³-hybridized carbons (Fsp3) is 0.133. The molecule has 2 aromatic carbocycles. The molecule has 0 fully saturated rings. The predicted octanol–water partition coefficient (Wildman–Crippen LogP) is 3.02. The molecule has 0 aliphatic carbocycles. The maximum atomic E-state index is 12.8. The van der Waals surface area contributed by atoms with Crippen molar-refractivity contribution < 1.29 is 4.39 Å². The smallest absolute Gasteiger partial charge is 0.305 e. The van der Waals surface area contributed by atoms with Crippen molar-refractivity contribution in [1.82, 2.24) is 10.3 Å². The zero-order valence-electron chi connectivity index (χ0n) is 10.7. The summed E-state index contributed by atoms with van der Waals surface area (Å²) in [6.07, 6.45) is 0. The van der Waals surface area contributed by atoms with E-state index in [0.717, 1.165) is 21.3 Å². The van der Waals surface area contributed by atoms with Crippen molar-refractivity contribution in [2.45, 2.75) is 13.1 Å². The van der Waals surface area contributed by atoms with Crippen LogP contribution in [0.15, 0.2) is 47.3 Å². The van der Waals surface area contributed by atoms with Crippen LogP contribution in [0.2, 0.25) is 0 Å². The van der Waals surface area contributed by atoms with E-state index in [2.05, 4.69) is 10.3 Å². The van der Waals surface area contributed by atoms with Crippen LogP contribution in [0.1, 0.15) is 11.1 Å². The lowest BCUT2D eigenvalue weighted by atomic mass is 10.2. The van der Waals surface area contributed by atoms with Crippen molar-refractivity contribution in [2.24, 2.45) is 0 Å². The van der Waals surface area contributed by atoms with Gasteiger partial charge in [-0.15, -0.1) is 0 Å². The third kappa shape index (κ3) is 2.95. The van der Waals surface area contributed by atoms with E-state index < -0.39 is 0 Å². The molecule has 0 aliphatic heterocycles. The third-order valence-corrected chi connectivity index (χ3v) is 3.90. The lowest BCUT2D eigenvalue weighted by Crippen LogP contribution is -2.12. The molecule has 1 aromatic heterocycles. The first-order valence-electron chi connectivity index (χ1n) is 6.27. The number of nitrogens with one attached hydrogen (secondary N) is 2. The van der Waals surface area contributed by atoms with Crippen LogP contribution >= 0.6 is 11.3 Å². The number of fused-ring (bicyclic) bond motifs is 1. The molecule has 102 valence electrons. The number of H-pyrrole nitrogens is 1. The molecule has 2 N–H and O–H groups in total. The van der Waals surface area contributed by atoms with E-state index in [-0.39, 0.29) is 10.7 Å². The zero-order valence-corrected chi connectivity index (χ0v) is 11.5. The highest BCUT2D eigenvalue weighted by Gasteiger charge is 2.01. The van der Waals surface area contributed by atoms with E-state index >= 15 is 0 Å². The van der Waals surface area contributed by atoms with Gasteiger partial charge in [-0.1, -0.05) is 29.5 Å². The largest absolute Gasteiger partial charge is 0.312 e. The Balaban J connectivity index is 1.64. The van der Waals surface area contributed by atoms with Gasteiger partial charge in [0.1, 0.15) is 5.82 Å². The fourth-order valence-corrected chi connectivity index (χ4v) is 2.85. The first kappa shape index (κ1) is 13.0. The first-order valence-corrected chi connectivity index (χ1v) is 7.09. The summed E-state index contributed by atoms with van der Waals surface area (Å²) in [4.78, 5) is 14.0. The summed E-state index contributed by atoms with van der Waals surface area (Å²) in [6.45, 7) is 1.39. The molecule has 0 saturated heterocycles. The third-order valence-electron chi connectivity index (χ3n) is 3.06. The second-order valence-corrected chi connectivity index (χ2v) is 5.59. The van der Waals surface area contributed by atoms with Gasteiger partial charge in [0, 0.05) is 13.1 Å². The Morgan fingerprint density at radius 1 is 1.05 bits per heavy atom. The van der Waals surface area contributed by atoms with Crippen LogP contribution in [0, 0.1) is 5.82 Å². The van der Waals surface area contributed by atoms with Crippen molar-refractivity contribution in [3.63, 3.8) is 0 Å². The minimum absolute atomic E-state index is 0.0311. The zero-order chi connectivity index (χ0) is 13.9. The van der Waals surface area contributed by atoms with Gasteiger partial charge in [0.25, 0.3) is 0 Å². The number of aromatic amines is 1. The minimum Gasteiger partial charge on any atom is -0.312 e. The van der Waals surface area contributed by atoms with Gasteiger partial charge in [-0.3, -0.25) is 4.79 Å². The molecule has 0 unspecified atom stereocenters. The summed E-state index contributed by atoms with van der Waals surface area (Å²) in [6, 6.07) is 12.4. The summed E-state index contributed by atoms with van der Waals surface area (Å²) in [5.74, 6) is -0.221. The van der Waals surface area contributed by atoms with Gasteiger partial charge in [0.15, 0.2) is 0 Å². The van der Waals surface area contributed by atoms with Crippen LogP contribution in [0.3, 0.4) is 0 Å². The predicted molar refractivity (Wildman–Crippen MR) is 79.4 cm³/mol. The number of aromatic nitrogens is 1. The summed E-state index contributed by atoms with van der Waals surface area (Å²) in [5.41, 5.74) is 3.04. The highest BCUT2D eigenvalue weighted by Crippen LogP contribution is 2.16. The summed E-state index contributed by atoms with van der Waals surface area (Å²) in [5, 5.41) is 3.30. The molecule has 3 rings (SSSR count). The molecular weight excluding hydrogens is 275 g/mol. The lowest BCUT2D eigenvalue weighted by Gasteiger charge is -2.05. The molecule has 0 atom stereocenters. The van der Waals surface area contributed by atoms with Gasteiger partial charge in [0.05, 0.1) is 10.2 Å². The van der Waals surface area contributed by atoms with Crippen LogP contribution in [0.25, 0.3) is 10.2 Å². The highest BCUT2D eigenvalue weighted by molar-refractivity contribution is 7.16. The number of rotatable bonds is 4. The Hall–Kier alpha value is -1.98. The normalized spacial score (nSPS) is 11.1. The topological polar surface area (TPSA) is 44.9 Å². The van der Waals surface area contributed by atoms with Crippen LogP contribution in [0.5, 0.6) is 0 Å². The van der Waals surface area contributed by atoms with E-state index in [1.165, 1.54) is 23.5 Å². The van der Waals surface area contributed by atoms with Gasteiger partial charge < -0.3 is 10.3 Å². The second kappa shape index (κ2) is 5.56. The summed E-state index contributed by atoms with van der Waals surface area (Å²) in [7, 11) is 0. The van der Waals surface area contributed by atoms with Crippen molar-refractivity contribution >= 4 is 21.6 Å². The number of thiazole rings is 1. The van der Waals surface area contributed by atoms with E-state index in [0.29, 0.717) is 13.1 Å². The molecule has 3 nitrogen and oxygen atoms in total. The molecule has 0 saturated carbocycles. The van der Waals surface area contributed by atoms with Crippen molar-refractivity contribution in [1.29, 1.82) is 0 Å². The molecule has 0 aliphatic rings. The van der Waals surface area contributed by atoms with Gasteiger partial charge in [-0.05, 0) is 35.4 Å². The number of benzene rings is 2. The Labute approximate surface area is 119 Å². The van der Waals surface area contributed by atoms with Crippen LogP contribution in [-0.4, -0.2) is 4.98 Å². The van der Waals surface area contributed by atoms with Crippen molar-refractivity contribution in [2.75, 3.05) is 0 Å². The summed E-state index contributed by atoms with van der Waals surface area (Å²) >= 11 is 1.22. The average molecular weight is 288 g/mol. The van der Waals surface area contributed by atoms with E-state index in [9.17, 15) is 9.18 Å². The average Bonchev–Trinajstić information content (AvgIpc) is 2.80. The van der Waals surface area contributed by atoms with Crippen molar-refractivity contribution in [3.05, 3.63) is 69.1 Å². The van der Waals surface area contributed by atoms with Crippen LogP contribution in [0.4, 0.5) is 4.39 Å². The van der Waals surface area contributed by atoms with Gasteiger partial charge in [0.2, 0.25) is 0 Å². The van der Waals surface area contributed by atoms with E-state index in [4.69, 9.17) is 0 Å². The van der Waals surface area contributed by atoms with Gasteiger partial charge in [-0.2, -0.15) is 0 Å². The maximum Gasteiger partial charge on any atom is 0.305 e. The van der Waals surface area contributed by atoms with Gasteiger partial charge in [-0.25, -0.2) is 4.39 Å². The highest BCUT2D eigenvalue weighted by atomic mass is 32.1. The quantitative estimate of drug-likeness (QED) is 0.775. The second-order valence-electron chi connectivity index (χ2n) is 4.58. The molecule has 5 heteroatoms. The Morgan fingerprint density at radius 2 is 1.75 bits per heavy atom. The van der Waals surface area contributed by atoms with Crippen LogP contribution in [-0.2, 0) is 13.1 Å². The maximum absolute atomic E-state index is 12.8. The van der Waals surface area contributed by atoms with Crippen molar-refractivity contribution in [3.8, 4) is 0 Å². The Kier molecular flexibility index (Phi) is 3.62. The van der Waals surface area contributed by atoms with Crippen LogP contribution < -0.4 is 10.2 Å². The first-order chi connectivity index (χ1) is 9.70. The fourth-order valence-electron chi connectivity index (χ4n) is 2.05. The molecular formula is C15H13FN2OS. The Bertz CT molecular complexity index is 776. The molecule has 0 spiro atoms. The summed E-state index contributed by atoms with van der Waals surface area (Å²) < 4.78 is 13.7. The SMILES string of the molecule is O=c1[nH]c2ccc(CNCc3ccc(F)cc3)cc2s1. The molecule has 1 heterocycles. The number of hydrogen-bond acceptors (Lipinski definition) is 3. The standard InChI is InChI=1S/C15H13FN2OS/c16-12-4-1-10(2-5-12)8-17-9-11-3-6-13-14(7-11)20-15(19)18-13/h1-7,17H,8-9H2,(H,18,19). The Morgan fingerprint density at radius 3 is 2.55 bits per heavy atom. The van der Waals surface area contributed by atoms with E-state index in [1.807, 2.05) is 18.2 Å². The number of hydrogen-bond donors (Lipinski definition) is 2. The molecule has 0 amide bonds. The minimum atomic E-state index is -0.221. The molecule has 20 heavy (non-hydrogen) atoms. The monoisotopic (exact) mass is 288 g/mol. The van der Waals surface area contributed by atoms with E-state index in [1.54, 1.807) is 12.1 Å². The lowest BCUT2D eigenvalue weighted by molar-refractivity contribution is 0.625. The molecule has 0 radical (unpaired) electrons. The van der Waals surface area contributed by atoms with Gasteiger partial charge >= 0.3 is 4.87 Å².